The van der Waals surface area contributed by atoms with Crippen molar-refractivity contribution in [2.24, 2.45) is 14.1 Å². The highest BCUT2D eigenvalue weighted by molar-refractivity contribution is 5.97. The third-order valence-corrected chi connectivity index (χ3v) is 18.7. The van der Waals surface area contributed by atoms with Gasteiger partial charge in [0.25, 0.3) is 27.8 Å². The highest BCUT2D eigenvalue weighted by Gasteiger charge is 2.28. The summed E-state index contributed by atoms with van der Waals surface area (Å²) in [5.74, 6) is -10.2. The van der Waals surface area contributed by atoms with Gasteiger partial charge in [-0.1, -0.05) is 70.2 Å². The lowest BCUT2D eigenvalue weighted by Crippen LogP contribution is -2.20. The van der Waals surface area contributed by atoms with E-state index in [1.165, 1.54) is 13.0 Å². The van der Waals surface area contributed by atoms with Crippen LogP contribution in [0.2, 0.25) is 0 Å². The number of H-pyrrole nitrogens is 8. The molecule has 5 aromatic carbocycles. The van der Waals surface area contributed by atoms with Crippen molar-refractivity contribution in [3.8, 4) is 85.2 Å². The third kappa shape index (κ3) is 15.3. The van der Waals surface area contributed by atoms with E-state index in [1.54, 1.807) is 124 Å². The Morgan fingerprint density at radius 2 is 0.805 bits per heavy atom. The lowest BCUT2D eigenvalue weighted by molar-refractivity contribution is 0.0680. The smallest absolute Gasteiger partial charge is 0.345 e. The van der Waals surface area contributed by atoms with Crippen LogP contribution in [0.5, 0.6) is 28.7 Å². The van der Waals surface area contributed by atoms with Crippen molar-refractivity contribution in [3.63, 3.8) is 0 Å². The Kier molecular flexibility index (Phi) is 22.1. The maximum atomic E-state index is 13.6. The number of aromatic amines is 8. The number of carboxylic acid groups (broad SMARTS) is 5. The molecule has 113 heavy (non-hydrogen) atoms. The van der Waals surface area contributed by atoms with Gasteiger partial charge in [-0.2, -0.15) is 20.4 Å². The van der Waals surface area contributed by atoms with Gasteiger partial charge < -0.3 is 81.0 Å². The Hall–Kier alpha value is -15.5. The number of aromatic carboxylic acids is 5. The number of aryl methyl sites for hydroxylation is 3. The molecule has 15 aromatic rings. The van der Waals surface area contributed by atoms with Gasteiger partial charge in [0.1, 0.15) is 34.6 Å². The molecule has 0 fully saturated rings. The van der Waals surface area contributed by atoms with Crippen LogP contribution in [0.4, 0.5) is 4.39 Å². The first-order valence-electron chi connectivity index (χ1n) is 34.3. The van der Waals surface area contributed by atoms with E-state index in [1.807, 2.05) is 43.6 Å². The largest absolute Gasteiger partial charge is 0.506 e. The molecule has 0 saturated carbocycles. The number of fused-ring (bicyclic) bond motifs is 5. The summed E-state index contributed by atoms with van der Waals surface area (Å²) in [6.45, 7) is 10.2. The maximum absolute atomic E-state index is 13.6. The molecular formula is C78H69FN14O20. The lowest BCUT2D eigenvalue weighted by atomic mass is 10.00. The first-order valence-corrected chi connectivity index (χ1v) is 34.3. The quantitative estimate of drug-likeness (QED) is 0.0481. The van der Waals surface area contributed by atoms with E-state index in [0.29, 0.717) is 115 Å². The van der Waals surface area contributed by atoms with Crippen molar-refractivity contribution in [1.82, 2.24) is 69.9 Å². The standard InChI is InChI=1S/C16H13FN2O4.2C16H15N3O4.2C15H13N3O4/c1-6-3-10-8(4-9(6)17)5-11(18-10)13-7(2)14(20)12(16(22)23)15(21)19-13;1-3-10-13(17-15(21)12(14(10)20)16(22)23)8-4-5-9-7-19(2)18-11(9)6-8;1-3-10-13(18-15(21)12(14(10)20)16(22)23)8-4-5-9-7-17-19(2)11(9)6-8;1-2-9-12(17-14(20)11(13(9)19)15(21)22)7-3-4-10-8(5-7)6-16-18-10;1-2-9-12(17-14(20)11(13(9)19)15(21)22)7-3-4-8-6-16-18-10(8)5-7/h3-5,18H,1-2H3,(H,22,23)(H2,19,20,21);4-7H,3H2,1-2H3,(H,22,23)(H2,17,20,21);4-7H,3H2,1-2H3,(H,22,23)(H2,18,20,21);2*3-6H,2H2,1H3,(H,16,18)(H,21,22)(H2,17,19,20). The molecule has 0 radical (unpaired) electrons. The summed E-state index contributed by atoms with van der Waals surface area (Å²) < 4.78 is 17.0. The number of aromatic nitrogens is 14. The van der Waals surface area contributed by atoms with Crippen LogP contribution in [0.25, 0.3) is 111 Å². The molecule has 0 saturated heterocycles. The number of hydrogen-bond donors (Lipinski definition) is 18. The lowest BCUT2D eigenvalue weighted by Gasteiger charge is -2.12. The van der Waals surface area contributed by atoms with Crippen LogP contribution < -0.4 is 27.8 Å². The van der Waals surface area contributed by atoms with Gasteiger partial charge in [-0.05, 0) is 99.2 Å². The van der Waals surface area contributed by atoms with E-state index < -0.39 is 114 Å². The number of aromatic hydroxyl groups is 5. The summed E-state index contributed by atoms with van der Waals surface area (Å²) in [6.07, 6.45) is 8.42. The summed E-state index contributed by atoms with van der Waals surface area (Å²) in [5, 5.41) is 122. The molecule has 10 aromatic heterocycles. The second-order valence-corrected chi connectivity index (χ2v) is 25.6. The normalized spacial score (nSPS) is 11.0. The second kappa shape index (κ2) is 31.8. The monoisotopic (exact) mass is 1540 g/mol. The number of benzene rings is 5. The van der Waals surface area contributed by atoms with Gasteiger partial charge in [0.2, 0.25) is 0 Å². The molecule has 34 nitrogen and oxygen atoms in total. The van der Waals surface area contributed by atoms with Crippen LogP contribution in [0.1, 0.15) is 113 Å². The molecule has 35 heteroatoms. The van der Waals surface area contributed by atoms with Crippen molar-refractivity contribution >= 4 is 84.4 Å². The predicted molar refractivity (Wildman–Crippen MR) is 412 cm³/mol. The molecule has 0 aliphatic rings. The van der Waals surface area contributed by atoms with Crippen molar-refractivity contribution in [2.45, 2.75) is 67.2 Å². The van der Waals surface area contributed by atoms with Gasteiger partial charge in [0, 0.05) is 97.2 Å². The van der Waals surface area contributed by atoms with Gasteiger partial charge in [-0.25, -0.2) is 28.4 Å². The third-order valence-electron chi connectivity index (χ3n) is 18.7. The number of hydrogen-bond acceptors (Lipinski definition) is 19. The minimum absolute atomic E-state index is 0.214. The Bertz CT molecular complexity index is 6520. The molecular weight excluding hydrogens is 1470 g/mol. The Labute approximate surface area is 632 Å². The molecule has 0 unspecified atom stereocenters. The zero-order valence-electron chi connectivity index (χ0n) is 60.9. The van der Waals surface area contributed by atoms with Crippen molar-refractivity contribution in [2.75, 3.05) is 0 Å². The fraction of sp³-hybridized carbons (Fsp3) is 0.154. The average Bonchev–Trinajstić information content (AvgIpc) is 1.75. The van der Waals surface area contributed by atoms with Crippen molar-refractivity contribution in [1.29, 1.82) is 0 Å². The number of halogens is 1. The SMILES string of the molecule is CCc1c(-c2ccc3[nH]ncc3c2)[nH]c(=O)c(C(=O)O)c1O.CCc1c(-c2ccc3cn(C)nc3c2)[nH]c(=O)c(C(=O)O)c1O.CCc1c(-c2ccc3cn[nH]c3c2)[nH]c(=O)c(C(=O)O)c1O.CCc1c(-c2ccc3cnn(C)c3c2)[nH]c(=O)c(C(=O)O)c1O.Cc1cc2[nH]c(-c3[nH]c(=O)c(C(=O)O)c(O)c3C)cc2cc1F. The van der Waals surface area contributed by atoms with E-state index in [2.05, 4.69) is 60.5 Å². The number of carboxylic acids is 5. The molecule has 578 valence electrons. The van der Waals surface area contributed by atoms with E-state index in [-0.39, 0.29) is 17.1 Å². The average molecular weight is 1540 g/mol. The molecule has 0 amide bonds. The van der Waals surface area contributed by atoms with Crippen LogP contribution in [0, 0.1) is 19.7 Å². The molecule has 18 N–H and O–H groups in total. The molecule has 10 heterocycles. The van der Waals surface area contributed by atoms with Gasteiger partial charge in [0.05, 0.1) is 74.8 Å². The summed E-state index contributed by atoms with van der Waals surface area (Å²) in [6, 6.07) is 26.3. The number of pyridine rings is 5. The minimum Gasteiger partial charge on any atom is -0.506 e. The van der Waals surface area contributed by atoms with E-state index in [0.717, 1.165) is 43.6 Å². The summed E-state index contributed by atoms with van der Waals surface area (Å²) in [5.41, 5.74) is 3.72. The highest BCUT2D eigenvalue weighted by atomic mass is 19.1. The molecule has 0 spiro atoms. The number of nitrogens with one attached hydrogen (secondary N) is 8. The minimum atomic E-state index is -1.51. The van der Waals surface area contributed by atoms with Crippen LogP contribution in [-0.2, 0) is 39.8 Å². The van der Waals surface area contributed by atoms with Gasteiger partial charge in [-0.3, -0.25) is 43.5 Å². The Morgan fingerprint density at radius 3 is 1.27 bits per heavy atom. The summed E-state index contributed by atoms with van der Waals surface area (Å²) in [4.78, 5) is 131. The van der Waals surface area contributed by atoms with E-state index in [9.17, 15) is 77.9 Å². The number of rotatable bonds is 14. The number of carbonyl (C=O) groups is 5. The molecule has 0 bridgehead atoms. The van der Waals surface area contributed by atoms with E-state index in [4.69, 9.17) is 25.5 Å². The van der Waals surface area contributed by atoms with Crippen molar-refractivity contribution < 1.29 is 79.4 Å². The zero-order valence-corrected chi connectivity index (χ0v) is 60.9. The topological polar surface area (TPSA) is 561 Å². The molecule has 0 aliphatic heterocycles. The fourth-order valence-corrected chi connectivity index (χ4v) is 13.0. The van der Waals surface area contributed by atoms with Gasteiger partial charge >= 0.3 is 29.8 Å². The first-order chi connectivity index (χ1) is 53.7. The molecule has 0 aliphatic carbocycles. The van der Waals surface area contributed by atoms with Gasteiger partial charge in [0.15, 0.2) is 27.8 Å². The van der Waals surface area contributed by atoms with Crippen molar-refractivity contribution in [3.05, 3.63) is 235 Å². The Morgan fingerprint density at radius 1 is 0.407 bits per heavy atom. The van der Waals surface area contributed by atoms with E-state index >= 15 is 0 Å². The Balaban J connectivity index is 0.000000139. The molecule has 15 rings (SSSR count). The zero-order chi connectivity index (χ0) is 82.0. The maximum Gasteiger partial charge on any atom is 0.345 e. The fourth-order valence-electron chi connectivity index (χ4n) is 13.0. The number of nitrogens with zero attached hydrogens (tertiary/aromatic N) is 6. The van der Waals surface area contributed by atoms with Crippen LogP contribution >= 0.6 is 0 Å². The second-order valence-electron chi connectivity index (χ2n) is 25.6. The summed E-state index contributed by atoms with van der Waals surface area (Å²) >= 11 is 0. The van der Waals surface area contributed by atoms with Crippen LogP contribution in [0.3, 0.4) is 0 Å². The molecule has 0 atom stereocenters. The highest BCUT2D eigenvalue weighted by Crippen LogP contribution is 2.37. The van der Waals surface area contributed by atoms with Crippen LogP contribution in [0.15, 0.2) is 140 Å². The first kappa shape index (κ1) is 78.6. The summed E-state index contributed by atoms with van der Waals surface area (Å²) in [7, 11) is 3.62. The predicted octanol–water partition coefficient (Wildman–Crippen LogP) is 10.2. The van der Waals surface area contributed by atoms with Gasteiger partial charge in [-0.15, -0.1) is 0 Å². The van der Waals surface area contributed by atoms with Crippen LogP contribution in [-0.4, -0.2) is 151 Å².